The van der Waals surface area contributed by atoms with E-state index >= 15 is 0 Å². The molecule has 0 aliphatic heterocycles. The number of rotatable bonds is 1. The van der Waals surface area contributed by atoms with Crippen LogP contribution in [0.4, 0.5) is 0 Å². The van der Waals surface area contributed by atoms with Gasteiger partial charge in [-0.05, 0) is 24.4 Å². The molecule has 1 heterocycles. The minimum absolute atomic E-state index is 0.176. The average Bonchev–Trinajstić information content (AvgIpc) is 2.53. The first-order valence-corrected chi connectivity index (χ1v) is 4.36. The van der Waals surface area contributed by atoms with E-state index in [9.17, 15) is 0 Å². The van der Waals surface area contributed by atoms with Gasteiger partial charge < -0.3 is 4.52 Å². The van der Waals surface area contributed by atoms with Crippen molar-refractivity contribution in [3.63, 3.8) is 0 Å². The van der Waals surface area contributed by atoms with Gasteiger partial charge in [0.15, 0.2) is 5.82 Å². The van der Waals surface area contributed by atoms with Crippen LogP contribution in [0.2, 0.25) is 5.02 Å². The van der Waals surface area contributed by atoms with Crippen molar-refractivity contribution in [2.24, 2.45) is 0 Å². The van der Waals surface area contributed by atoms with Crippen molar-refractivity contribution < 1.29 is 4.52 Å². The molecule has 0 radical (unpaired) electrons. The first-order chi connectivity index (χ1) is 6.27. The molecule has 2 rings (SSSR count). The molecule has 1 N–H and O–H groups in total. The number of aromatic amines is 1. The summed E-state index contributed by atoms with van der Waals surface area (Å²) < 4.78 is 4.79. The summed E-state index contributed by atoms with van der Waals surface area (Å²) >= 11 is 10.7. The first-order valence-electron chi connectivity index (χ1n) is 3.58. The molecule has 5 heteroatoms. The van der Waals surface area contributed by atoms with Gasteiger partial charge in [0.05, 0.1) is 5.02 Å². The lowest BCUT2D eigenvalue weighted by molar-refractivity contribution is 0.406. The average molecular weight is 213 g/mol. The van der Waals surface area contributed by atoms with Crippen LogP contribution in [-0.2, 0) is 0 Å². The Morgan fingerprint density at radius 2 is 2.15 bits per heavy atom. The first kappa shape index (κ1) is 8.47. The summed E-state index contributed by atoms with van der Waals surface area (Å²) in [5, 5.41) is 3.20. The lowest BCUT2D eigenvalue weighted by atomic mass is 10.2. The van der Waals surface area contributed by atoms with Crippen molar-refractivity contribution >= 4 is 23.8 Å². The van der Waals surface area contributed by atoms with E-state index in [1.54, 1.807) is 6.07 Å². The van der Waals surface area contributed by atoms with E-state index in [4.69, 9.17) is 28.3 Å². The smallest absolute Gasteiger partial charge is 0.314 e. The fourth-order valence-electron chi connectivity index (χ4n) is 0.997. The highest BCUT2D eigenvalue weighted by molar-refractivity contribution is 7.71. The lowest BCUT2D eigenvalue weighted by Crippen LogP contribution is -1.80. The van der Waals surface area contributed by atoms with Crippen LogP contribution in [0.15, 0.2) is 28.8 Å². The summed E-state index contributed by atoms with van der Waals surface area (Å²) in [5.74, 6) is 0.551. The maximum atomic E-state index is 5.93. The number of hydrogen-bond acceptors (Lipinski definition) is 3. The predicted octanol–water partition coefficient (Wildman–Crippen LogP) is 3.05. The number of benzene rings is 1. The molecule has 3 nitrogen and oxygen atoms in total. The molecule has 0 unspecified atom stereocenters. The van der Waals surface area contributed by atoms with Gasteiger partial charge in [-0.15, -0.1) is 0 Å². The minimum Gasteiger partial charge on any atom is -0.348 e. The zero-order chi connectivity index (χ0) is 9.26. The topological polar surface area (TPSA) is 41.8 Å². The lowest BCUT2D eigenvalue weighted by Gasteiger charge is -1.96. The van der Waals surface area contributed by atoms with Crippen LogP contribution in [0, 0.1) is 4.84 Å². The van der Waals surface area contributed by atoms with E-state index in [1.807, 2.05) is 18.2 Å². The molecule has 1 aromatic heterocycles. The van der Waals surface area contributed by atoms with Gasteiger partial charge in [0.25, 0.3) is 0 Å². The second-order valence-electron chi connectivity index (χ2n) is 2.41. The summed E-state index contributed by atoms with van der Waals surface area (Å²) in [7, 11) is 0. The van der Waals surface area contributed by atoms with Crippen LogP contribution >= 0.6 is 23.8 Å². The summed E-state index contributed by atoms with van der Waals surface area (Å²) in [4.78, 5) is 4.13. The Bertz CT molecular complexity index is 477. The number of H-pyrrole nitrogens is 1. The third-order valence-electron chi connectivity index (χ3n) is 1.57. The van der Waals surface area contributed by atoms with Gasteiger partial charge in [0.2, 0.25) is 0 Å². The Morgan fingerprint density at radius 3 is 2.77 bits per heavy atom. The molecule has 0 spiro atoms. The Hall–Kier alpha value is -1.13. The van der Waals surface area contributed by atoms with Crippen molar-refractivity contribution in [3.05, 3.63) is 34.1 Å². The van der Waals surface area contributed by atoms with Gasteiger partial charge in [0.1, 0.15) is 0 Å². The SMILES string of the molecule is S=c1nc(-c2ccccc2Cl)[nH]o1. The van der Waals surface area contributed by atoms with Crippen molar-refractivity contribution in [2.45, 2.75) is 0 Å². The van der Waals surface area contributed by atoms with Crippen molar-refractivity contribution in [1.82, 2.24) is 10.1 Å². The van der Waals surface area contributed by atoms with Gasteiger partial charge in [0, 0.05) is 5.56 Å². The molecule has 0 amide bonds. The third-order valence-corrected chi connectivity index (χ3v) is 2.07. The minimum atomic E-state index is 0.176. The number of halogens is 1. The van der Waals surface area contributed by atoms with E-state index in [0.717, 1.165) is 5.56 Å². The molecule has 0 aliphatic carbocycles. The molecule has 66 valence electrons. The maximum absolute atomic E-state index is 5.93. The normalized spacial score (nSPS) is 10.2. The Morgan fingerprint density at radius 1 is 1.38 bits per heavy atom. The summed E-state index contributed by atoms with van der Waals surface area (Å²) in [6.07, 6.45) is 0. The van der Waals surface area contributed by atoms with Crippen molar-refractivity contribution in [1.29, 1.82) is 0 Å². The maximum Gasteiger partial charge on any atom is 0.314 e. The standard InChI is InChI=1S/C8H5ClN2OS/c9-6-4-2-1-3-5(6)7-10-8(13)12-11-7/h1-4H,(H,10,11,13). The van der Waals surface area contributed by atoms with E-state index in [-0.39, 0.29) is 4.84 Å². The predicted molar refractivity (Wildman–Crippen MR) is 52.1 cm³/mol. The summed E-state index contributed by atoms with van der Waals surface area (Å²) in [6, 6.07) is 7.33. The molecule has 0 aliphatic rings. The van der Waals surface area contributed by atoms with Crippen LogP contribution < -0.4 is 0 Å². The van der Waals surface area contributed by atoms with E-state index < -0.39 is 0 Å². The highest BCUT2D eigenvalue weighted by Gasteiger charge is 2.05. The van der Waals surface area contributed by atoms with Crippen LogP contribution in [-0.4, -0.2) is 10.1 Å². The van der Waals surface area contributed by atoms with Crippen LogP contribution in [0.3, 0.4) is 0 Å². The zero-order valence-corrected chi connectivity index (χ0v) is 8.02. The van der Waals surface area contributed by atoms with Gasteiger partial charge >= 0.3 is 4.84 Å². The number of aromatic nitrogens is 2. The highest BCUT2D eigenvalue weighted by atomic mass is 35.5. The molecule has 0 atom stereocenters. The molecule has 0 bridgehead atoms. The largest absolute Gasteiger partial charge is 0.348 e. The van der Waals surface area contributed by atoms with Gasteiger partial charge in [-0.25, -0.2) is 5.16 Å². The second-order valence-corrected chi connectivity index (χ2v) is 3.17. The van der Waals surface area contributed by atoms with Gasteiger partial charge in [-0.1, -0.05) is 23.7 Å². The number of hydrogen-bond donors (Lipinski definition) is 1. The fourth-order valence-corrected chi connectivity index (χ4v) is 1.36. The zero-order valence-electron chi connectivity index (χ0n) is 6.45. The molecule has 0 fully saturated rings. The summed E-state index contributed by atoms with van der Waals surface area (Å²) in [5.41, 5.74) is 0.781. The van der Waals surface area contributed by atoms with E-state index in [2.05, 4.69) is 10.1 Å². The van der Waals surface area contributed by atoms with Crippen molar-refractivity contribution in [3.8, 4) is 11.4 Å². The molecule has 2 aromatic rings. The third kappa shape index (κ3) is 1.64. The Balaban J connectivity index is 2.58. The summed E-state index contributed by atoms with van der Waals surface area (Å²) in [6.45, 7) is 0. The molecule has 1 aromatic carbocycles. The molecule has 0 saturated carbocycles. The Kier molecular flexibility index (Phi) is 2.16. The van der Waals surface area contributed by atoms with Crippen LogP contribution in [0.5, 0.6) is 0 Å². The van der Waals surface area contributed by atoms with Gasteiger partial charge in [-0.2, -0.15) is 4.98 Å². The quantitative estimate of drug-likeness (QED) is 0.739. The second kappa shape index (κ2) is 3.32. The van der Waals surface area contributed by atoms with E-state index in [0.29, 0.717) is 10.8 Å². The Labute approximate surface area is 84.3 Å². The molecular formula is C8H5ClN2OS. The monoisotopic (exact) mass is 212 g/mol. The number of nitrogens with zero attached hydrogens (tertiary/aromatic N) is 1. The van der Waals surface area contributed by atoms with E-state index in [1.165, 1.54) is 0 Å². The molecule has 13 heavy (non-hydrogen) atoms. The van der Waals surface area contributed by atoms with Crippen LogP contribution in [0.1, 0.15) is 0 Å². The van der Waals surface area contributed by atoms with Crippen molar-refractivity contribution in [2.75, 3.05) is 0 Å². The fraction of sp³-hybridized carbons (Fsp3) is 0. The highest BCUT2D eigenvalue weighted by Crippen LogP contribution is 2.23. The van der Waals surface area contributed by atoms with Crippen LogP contribution in [0.25, 0.3) is 11.4 Å². The van der Waals surface area contributed by atoms with Gasteiger partial charge in [-0.3, -0.25) is 0 Å². The molecule has 0 saturated heterocycles. The number of nitrogens with one attached hydrogen (secondary N) is 1. The molecular weight excluding hydrogens is 208 g/mol.